The number of H-pyrrole nitrogens is 1. The highest BCUT2D eigenvalue weighted by Crippen LogP contribution is 2.72. The summed E-state index contributed by atoms with van der Waals surface area (Å²) in [6.45, 7) is 27.6. The van der Waals surface area contributed by atoms with Gasteiger partial charge in [0.25, 0.3) is 0 Å². The molecule has 4 heteroatoms. The Morgan fingerprint density at radius 1 is 1.14 bits per heavy atom. The van der Waals surface area contributed by atoms with E-state index in [1.165, 1.54) is 42.5 Å². The summed E-state index contributed by atoms with van der Waals surface area (Å²) < 4.78 is 0. The number of aromatic nitrogens is 1. The van der Waals surface area contributed by atoms with Crippen molar-refractivity contribution in [2.45, 2.75) is 125 Å². The Balaban J connectivity index is 1.80. The SMILES string of the molecule is C=Cc1[nH]c(C(C)(C)CC)c(C[C@@]2(C)CCC[C@]3(C)C2CCC2C([C@@H](CC)C(=C)C)[C@@H](C(=O)O)CC[C@]23C)c1/C=C/Cl. The van der Waals surface area contributed by atoms with E-state index < -0.39 is 5.97 Å². The van der Waals surface area contributed by atoms with Crippen molar-refractivity contribution in [3.63, 3.8) is 0 Å². The number of carboxylic acids is 1. The lowest BCUT2D eigenvalue weighted by Gasteiger charge is -2.69. The van der Waals surface area contributed by atoms with Gasteiger partial charge in [-0.15, -0.1) is 0 Å². The van der Waals surface area contributed by atoms with Crippen LogP contribution < -0.4 is 0 Å². The molecule has 3 aliphatic carbocycles. The number of hydrogen-bond acceptors (Lipinski definition) is 1. The molecule has 42 heavy (non-hydrogen) atoms. The molecule has 4 rings (SSSR count). The fourth-order valence-electron chi connectivity index (χ4n) is 10.8. The molecular weight excluding hydrogens is 538 g/mol. The molecule has 3 aliphatic rings. The molecule has 3 unspecified atom stereocenters. The van der Waals surface area contributed by atoms with Crippen LogP contribution in [0.25, 0.3) is 12.2 Å². The quantitative estimate of drug-likeness (QED) is 0.264. The van der Waals surface area contributed by atoms with E-state index in [9.17, 15) is 9.90 Å². The van der Waals surface area contributed by atoms with Gasteiger partial charge in [-0.2, -0.15) is 0 Å². The summed E-state index contributed by atoms with van der Waals surface area (Å²) in [7, 11) is 0. The maximum Gasteiger partial charge on any atom is 0.306 e. The summed E-state index contributed by atoms with van der Waals surface area (Å²) in [5.41, 5.74) is 8.25. The predicted octanol–water partition coefficient (Wildman–Crippen LogP) is 11.0. The number of allylic oxidation sites excluding steroid dienone is 1. The van der Waals surface area contributed by atoms with Gasteiger partial charge in [0.15, 0.2) is 0 Å². The molecule has 1 aromatic heterocycles. The zero-order valence-corrected chi connectivity index (χ0v) is 28.6. The van der Waals surface area contributed by atoms with E-state index in [1.807, 2.05) is 6.08 Å². The van der Waals surface area contributed by atoms with E-state index in [1.54, 1.807) is 5.54 Å². The van der Waals surface area contributed by atoms with Crippen molar-refractivity contribution in [2.24, 2.45) is 45.8 Å². The Hall–Kier alpha value is -1.74. The lowest BCUT2D eigenvalue weighted by atomic mass is 9.36. The average molecular weight is 596 g/mol. The minimum atomic E-state index is -0.598. The molecule has 1 aromatic rings. The Bertz CT molecular complexity index is 1210. The molecule has 1 heterocycles. The summed E-state index contributed by atoms with van der Waals surface area (Å²) in [6.07, 6.45) is 14.8. The molecule has 0 amide bonds. The van der Waals surface area contributed by atoms with Crippen LogP contribution in [0.2, 0.25) is 0 Å². The van der Waals surface area contributed by atoms with Crippen LogP contribution in [0.5, 0.6) is 0 Å². The summed E-state index contributed by atoms with van der Waals surface area (Å²) >= 11 is 6.23. The number of aromatic amines is 1. The maximum atomic E-state index is 12.7. The monoisotopic (exact) mass is 595 g/mol. The molecule has 0 saturated heterocycles. The van der Waals surface area contributed by atoms with Gasteiger partial charge in [-0.3, -0.25) is 4.79 Å². The van der Waals surface area contributed by atoms with Crippen LogP contribution in [0.1, 0.15) is 136 Å². The number of rotatable bonds is 10. The van der Waals surface area contributed by atoms with Crippen molar-refractivity contribution in [1.29, 1.82) is 0 Å². The lowest BCUT2D eigenvalue weighted by molar-refractivity contribution is -0.201. The van der Waals surface area contributed by atoms with Crippen molar-refractivity contribution >= 4 is 29.7 Å². The summed E-state index contributed by atoms with van der Waals surface area (Å²) in [4.78, 5) is 16.4. The predicted molar refractivity (Wildman–Crippen MR) is 180 cm³/mol. The summed E-state index contributed by atoms with van der Waals surface area (Å²) in [6, 6.07) is 0. The van der Waals surface area contributed by atoms with Crippen LogP contribution in [0.3, 0.4) is 0 Å². The molecule has 3 saturated carbocycles. The fourth-order valence-corrected chi connectivity index (χ4v) is 10.9. The van der Waals surface area contributed by atoms with E-state index in [4.69, 9.17) is 11.6 Å². The molecule has 8 atom stereocenters. The highest BCUT2D eigenvalue weighted by molar-refractivity contribution is 6.27. The number of carbonyl (C=O) groups is 1. The van der Waals surface area contributed by atoms with Gasteiger partial charge < -0.3 is 10.1 Å². The molecule has 0 bridgehead atoms. The van der Waals surface area contributed by atoms with Gasteiger partial charge in [0.2, 0.25) is 0 Å². The third kappa shape index (κ3) is 5.18. The van der Waals surface area contributed by atoms with Crippen molar-refractivity contribution in [1.82, 2.24) is 4.98 Å². The minimum absolute atomic E-state index is 0.0175. The minimum Gasteiger partial charge on any atom is -0.481 e. The Morgan fingerprint density at radius 2 is 1.83 bits per heavy atom. The summed E-state index contributed by atoms with van der Waals surface area (Å²) in [5.74, 6) is 0.583. The zero-order chi connectivity index (χ0) is 31.3. The molecule has 0 aromatic carbocycles. The highest BCUT2D eigenvalue weighted by atomic mass is 35.5. The fraction of sp³-hybridized carbons (Fsp3) is 0.711. The molecule has 3 nitrogen and oxygen atoms in total. The normalized spacial score (nSPS) is 35.8. The van der Waals surface area contributed by atoms with Gasteiger partial charge in [-0.05, 0) is 122 Å². The van der Waals surface area contributed by atoms with Crippen LogP contribution in [0, 0.1) is 45.8 Å². The molecule has 0 aliphatic heterocycles. The Kier molecular flexibility index (Phi) is 9.46. The van der Waals surface area contributed by atoms with Gasteiger partial charge in [0, 0.05) is 27.9 Å². The van der Waals surface area contributed by atoms with Crippen molar-refractivity contribution in [3.05, 3.63) is 46.8 Å². The van der Waals surface area contributed by atoms with E-state index in [0.29, 0.717) is 11.8 Å². The Labute approximate surface area is 261 Å². The van der Waals surface area contributed by atoms with Crippen LogP contribution >= 0.6 is 11.6 Å². The second kappa shape index (κ2) is 12.0. The van der Waals surface area contributed by atoms with E-state index in [-0.39, 0.29) is 39.4 Å². The van der Waals surface area contributed by atoms with Gasteiger partial charge in [-0.1, -0.05) is 85.2 Å². The second-order valence-corrected chi connectivity index (χ2v) is 16.0. The lowest BCUT2D eigenvalue weighted by Crippen LogP contribution is -2.62. The smallest absolute Gasteiger partial charge is 0.306 e. The molecule has 0 spiro atoms. The van der Waals surface area contributed by atoms with Crippen molar-refractivity contribution < 1.29 is 9.90 Å². The molecule has 0 radical (unpaired) electrons. The molecule has 2 N–H and O–H groups in total. The summed E-state index contributed by atoms with van der Waals surface area (Å²) in [5, 5.41) is 10.4. The largest absolute Gasteiger partial charge is 0.481 e. The molecule has 3 fully saturated rings. The van der Waals surface area contributed by atoms with E-state index >= 15 is 0 Å². The van der Waals surface area contributed by atoms with Crippen LogP contribution in [-0.2, 0) is 16.6 Å². The molecular formula is C38H58ClNO2. The number of aliphatic carboxylic acids is 1. The number of hydrogen-bond donors (Lipinski definition) is 2. The van der Waals surface area contributed by atoms with Crippen LogP contribution in [0.4, 0.5) is 0 Å². The van der Waals surface area contributed by atoms with Crippen molar-refractivity contribution in [3.8, 4) is 0 Å². The zero-order valence-electron chi connectivity index (χ0n) is 27.8. The third-order valence-electron chi connectivity index (χ3n) is 13.5. The third-order valence-corrected chi connectivity index (χ3v) is 13.6. The topological polar surface area (TPSA) is 53.1 Å². The van der Waals surface area contributed by atoms with Gasteiger partial charge in [-0.25, -0.2) is 0 Å². The van der Waals surface area contributed by atoms with E-state index in [0.717, 1.165) is 49.8 Å². The number of nitrogens with one attached hydrogen (secondary N) is 1. The van der Waals surface area contributed by atoms with Gasteiger partial charge >= 0.3 is 5.97 Å². The first kappa shape index (κ1) is 33.2. The first-order chi connectivity index (χ1) is 19.7. The number of carboxylic acid groups (broad SMARTS) is 1. The van der Waals surface area contributed by atoms with E-state index in [2.05, 4.69) is 79.6 Å². The molecule has 234 valence electrons. The average Bonchev–Trinajstić information content (AvgIpc) is 3.26. The number of fused-ring (bicyclic) bond motifs is 3. The second-order valence-electron chi connectivity index (χ2n) is 15.7. The number of halogens is 1. The Morgan fingerprint density at radius 3 is 2.38 bits per heavy atom. The van der Waals surface area contributed by atoms with Gasteiger partial charge in [0.05, 0.1) is 5.92 Å². The highest BCUT2D eigenvalue weighted by Gasteiger charge is 2.65. The van der Waals surface area contributed by atoms with Gasteiger partial charge in [0.1, 0.15) is 0 Å². The van der Waals surface area contributed by atoms with Crippen LogP contribution in [0.15, 0.2) is 24.3 Å². The van der Waals surface area contributed by atoms with Crippen LogP contribution in [-0.4, -0.2) is 16.1 Å². The standard InChI is InChI=1S/C38H58ClNO2/c1-11-25(24(4)5)32-27(34(41)42)17-21-37(9)29(32)15-16-31-36(8,19-14-20-38(31,37)10)23-28-26(18-22-39)30(12-2)40-33(28)35(6,7)13-3/h12,18,22,25,27,29,31-32,40H,2,4,11,13-17,19-21,23H2,1,3,5-10H3,(H,41,42)/b22-18+/t25-,27-,29?,31?,32?,36+,37+,38+/m0/s1. The first-order valence-corrected chi connectivity index (χ1v) is 17.1. The first-order valence-electron chi connectivity index (χ1n) is 16.7. The maximum absolute atomic E-state index is 12.7. The van der Waals surface area contributed by atoms with Crippen molar-refractivity contribution in [2.75, 3.05) is 0 Å².